The maximum Gasteiger partial charge on any atom is 0.246 e. The zero-order chi connectivity index (χ0) is 27.3. The van der Waals surface area contributed by atoms with E-state index in [1.165, 1.54) is 6.08 Å². The van der Waals surface area contributed by atoms with Crippen LogP contribution in [-0.2, 0) is 9.53 Å². The highest BCUT2D eigenvalue weighted by molar-refractivity contribution is 6.35. The number of aromatic amines is 1. The van der Waals surface area contributed by atoms with Crippen LogP contribution in [0.15, 0.2) is 37.2 Å². The number of benzene rings is 2. The summed E-state index contributed by atoms with van der Waals surface area (Å²) in [5, 5.41) is 0.801. The number of amides is 1. The molecule has 0 atom stereocenters. The molecule has 2 aliphatic heterocycles. The second-order valence-corrected chi connectivity index (χ2v) is 10.5. The van der Waals surface area contributed by atoms with E-state index in [4.69, 9.17) is 26.3 Å². The average molecular weight is 550 g/mol. The van der Waals surface area contributed by atoms with Crippen LogP contribution in [0.25, 0.3) is 33.1 Å². The molecule has 0 spiro atoms. The second-order valence-electron chi connectivity index (χ2n) is 10.1. The summed E-state index contributed by atoms with van der Waals surface area (Å²) < 4.78 is 21.9. The van der Waals surface area contributed by atoms with Crippen LogP contribution in [0, 0.1) is 18.7 Å². The minimum absolute atomic E-state index is 0.103. The standard InChI is InChI=1S/C28H29ClFN7O2/c1-4-21(38)35-7-9-36(10-8-35)27-18-11-19(29)23(22-16(2)5-6-20-26(22)32-15-31-20)24(30)25(18)33-28(34-27)37-12-17(13-37)14-39-3/h4-6,11,15,17H,1,7-10,12-14H2,2-3H3,(H,31,32). The molecule has 2 fully saturated rings. The second kappa shape index (κ2) is 10.1. The number of methoxy groups -OCH3 is 1. The summed E-state index contributed by atoms with van der Waals surface area (Å²) in [6.07, 6.45) is 2.92. The van der Waals surface area contributed by atoms with Gasteiger partial charge in [-0.05, 0) is 30.7 Å². The minimum Gasteiger partial charge on any atom is -0.384 e. The van der Waals surface area contributed by atoms with Gasteiger partial charge in [-0.15, -0.1) is 0 Å². The van der Waals surface area contributed by atoms with Gasteiger partial charge >= 0.3 is 0 Å². The van der Waals surface area contributed by atoms with Crippen molar-refractivity contribution in [3.8, 4) is 11.1 Å². The molecule has 4 heterocycles. The Hall–Kier alpha value is -3.76. The Morgan fingerprint density at radius 2 is 1.95 bits per heavy atom. The smallest absolute Gasteiger partial charge is 0.246 e. The molecule has 0 unspecified atom stereocenters. The largest absolute Gasteiger partial charge is 0.384 e. The van der Waals surface area contributed by atoms with Gasteiger partial charge in [-0.2, -0.15) is 4.98 Å². The van der Waals surface area contributed by atoms with Crippen molar-refractivity contribution in [1.82, 2.24) is 24.8 Å². The van der Waals surface area contributed by atoms with E-state index < -0.39 is 5.82 Å². The number of hydrogen-bond acceptors (Lipinski definition) is 7. The Morgan fingerprint density at radius 3 is 2.67 bits per heavy atom. The van der Waals surface area contributed by atoms with Gasteiger partial charge in [0.1, 0.15) is 11.3 Å². The third-order valence-electron chi connectivity index (χ3n) is 7.61. The summed E-state index contributed by atoms with van der Waals surface area (Å²) in [7, 11) is 1.69. The number of rotatable bonds is 6. The van der Waals surface area contributed by atoms with Gasteiger partial charge in [-0.3, -0.25) is 4.79 Å². The average Bonchev–Trinajstić information content (AvgIpc) is 3.40. The summed E-state index contributed by atoms with van der Waals surface area (Å²) >= 11 is 6.83. The van der Waals surface area contributed by atoms with Crippen LogP contribution in [-0.4, -0.2) is 83.7 Å². The van der Waals surface area contributed by atoms with Gasteiger partial charge in [0, 0.05) is 68.8 Å². The molecule has 0 bridgehead atoms. The minimum atomic E-state index is -0.504. The lowest BCUT2D eigenvalue weighted by atomic mass is 9.96. The van der Waals surface area contributed by atoms with E-state index >= 15 is 4.39 Å². The number of nitrogens with one attached hydrogen (secondary N) is 1. The number of hydrogen-bond donors (Lipinski definition) is 1. The molecule has 9 nitrogen and oxygen atoms in total. The van der Waals surface area contributed by atoms with E-state index in [0.29, 0.717) is 66.9 Å². The number of carbonyl (C=O) groups is 1. The van der Waals surface area contributed by atoms with Gasteiger partial charge < -0.3 is 24.4 Å². The lowest BCUT2D eigenvalue weighted by Gasteiger charge is -2.40. The summed E-state index contributed by atoms with van der Waals surface area (Å²) in [6.45, 7) is 9.74. The Labute approximate surface area is 230 Å². The maximum atomic E-state index is 16.6. The van der Waals surface area contributed by atoms with E-state index in [-0.39, 0.29) is 22.0 Å². The van der Waals surface area contributed by atoms with Gasteiger partial charge in [0.05, 0.1) is 29.0 Å². The molecule has 4 aromatic rings. The maximum absolute atomic E-state index is 16.6. The van der Waals surface area contributed by atoms with E-state index in [9.17, 15) is 4.79 Å². The fraction of sp³-hybridized carbons (Fsp3) is 0.357. The number of aryl methyl sites for hydroxylation is 1. The Morgan fingerprint density at radius 1 is 1.18 bits per heavy atom. The molecule has 0 aliphatic carbocycles. The monoisotopic (exact) mass is 549 g/mol. The van der Waals surface area contributed by atoms with Gasteiger partial charge in [0.25, 0.3) is 0 Å². The summed E-state index contributed by atoms with van der Waals surface area (Å²) in [4.78, 5) is 35.2. The molecular formula is C28H29ClFN7O2. The number of piperazine rings is 1. The highest BCUT2D eigenvalue weighted by Gasteiger charge is 2.32. The van der Waals surface area contributed by atoms with Crippen molar-refractivity contribution in [3.05, 3.63) is 53.6 Å². The van der Waals surface area contributed by atoms with E-state index in [0.717, 1.165) is 24.2 Å². The van der Waals surface area contributed by atoms with Crippen LogP contribution in [0.4, 0.5) is 16.2 Å². The van der Waals surface area contributed by atoms with E-state index in [2.05, 4.69) is 21.4 Å². The van der Waals surface area contributed by atoms with Crippen LogP contribution < -0.4 is 9.80 Å². The molecule has 11 heteroatoms. The summed E-state index contributed by atoms with van der Waals surface area (Å²) in [6, 6.07) is 5.60. The Bertz CT molecular complexity index is 1590. The van der Waals surface area contributed by atoms with E-state index in [1.807, 2.05) is 24.0 Å². The lowest BCUT2D eigenvalue weighted by Crippen LogP contribution is -2.50. The van der Waals surface area contributed by atoms with Crippen molar-refractivity contribution in [1.29, 1.82) is 0 Å². The topological polar surface area (TPSA) is 90.5 Å². The fourth-order valence-corrected chi connectivity index (χ4v) is 5.83. The highest BCUT2D eigenvalue weighted by Crippen LogP contribution is 2.42. The Kier molecular flexibility index (Phi) is 6.60. The molecule has 6 rings (SSSR count). The van der Waals surface area contributed by atoms with Crippen molar-refractivity contribution >= 4 is 51.2 Å². The Balaban J connectivity index is 1.49. The molecule has 1 N–H and O–H groups in total. The molecule has 2 aromatic heterocycles. The van der Waals surface area contributed by atoms with Crippen molar-refractivity contribution in [2.24, 2.45) is 5.92 Å². The number of aromatic nitrogens is 4. The summed E-state index contributed by atoms with van der Waals surface area (Å²) in [5.41, 5.74) is 3.43. The number of imidazole rings is 1. The van der Waals surface area contributed by atoms with Crippen LogP contribution in [0.1, 0.15) is 5.56 Å². The number of nitrogens with zero attached hydrogens (tertiary/aromatic N) is 6. The third-order valence-corrected chi connectivity index (χ3v) is 7.91. The number of fused-ring (bicyclic) bond motifs is 2. The van der Waals surface area contributed by atoms with Gasteiger partial charge in [-0.25, -0.2) is 14.4 Å². The molecule has 1 amide bonds. The molecule has 2 saturated heterocycles. The molecule has 2 aromatic carbocycles. The number of ether oxygens (including phenoxy) is 1. The zero-order valence-electron chi connectivity index (χ0n) is 21.9. The van der Waals surface area contributed by atoms with Crippen LogP contribution in [0.2, 0.25) is 5.02 Å². The predicted octanol–water partition coefficient (Wildman–Crippen LogP) is 4.19. The zero-order valence-corrected chi connectivity index (χ0v) is 22.6. The molecule has 0 radical (unpaired) electrons. The molecule has 0 saturated carbocycles. The predicted molar refractivity (Wildman–Crippen MR) is 151 cm³/mol. The first-order valence-electron chi connectivity index (χ1n) is 12.9. The first-order valence-corrected chi connectivity index (χ1v) is 13.3. The third kappa shape index (κ3) is 4.37. The highest BCUT2D eigenvalue weighted by atomic mass is 35.5. The van der Waals surface area contributed by atoms with E-state index in [1.54, 1.807) is 24.4 Å². The van der Waals surface area contributed by atoms with Gasteiger partial charge in [0.2, 0.25) is 11.9 Å². The van der Waals surface area contributed by atoms with Crippen LogP contribution >= 0.6 is 11.6 Å². The SMILES string of the molecule is C=CC(=O)N1CCN(c2nc(N3CC(COC)C3)nc3c(F)c(-c4c(C)ccc5[nH]cnc45)c(Cl)cc23)CC1. The van der Waals surface area contributed by atoms with Crippen molar-refractivity contribution < 1.29 is 13.9 Å². The fourth-order valence-electron chi connectivity index (χ4n) is 5.55. The van der Waals surface area contributed by atoms with Gasteiger partial charge in [0.15, 0.2) is 5.82 Å². The first-order chi connectivity index (χ1) is 18.9. The number of H-pyrrole nitrogens is 1. The molecule has 2 aliphatic rings. The number of carbonyl (C=O) groups excluding carboxylic acids is 1. The number of anilines is 2. The van der Waals surface area contributed by atoms with Crippen molar-refractivity contribution in [2.75, 3.05) is 62.8 Å². The quantitative estimate of drug-likeness (QED) is 0.361. The molecule has 39 heavy (non-hydrogen) atoms. The van der Waals surface area contributed by atoms with Crippen molar-refractivity contribution in [3.63, 3.8) is 0 Å². The summed E-state index contributed by atoms with van der Waals surface area (Å²) in [5.74, 6) is 0.843. The molecular weight excluding hydrogens is 521 g/mol. The lowest BCUT2D eigenvalue weighted by molar-refractivity contribution is -0.126. The molecule has 202 valence electrons. The van der Waals surface area contributed by atoms with Gasteiger partial charge in [-0.1, -0.05) is 24.2 Å². The number of halogens is 2. The normalized spacial score (nSPS) is 16.3. The van der Waals surface area contributed by atoms with Crippen LogP contribution in [0.3, 0.4) is 0 Å². The van der Waals surface area contributed by atoms with Crippen LogP contribution in [0.5, 0.6) is 0 Å². The van der Waals surface area contributed by atoms with Crippen molar-refractivity contribution in [2.45, 2.75) is 6.92 Å². The first kappa shape index (κ1) is 25.5.